The molecule has 0 spiro atoms. The van der Waals surface area contributed by atoms with Crippen molar-refractivity contribution < 1.29 is 33.6 Å². The lowest BCUT2D eigenvalue weighted by Crippen LogP contribution is -2.23. The average molecular weight is 592 g/mol. The molecular formula is C30H36BrFO6. The smallest absolute Gasteiger partial charge is 0.305 e. The molecule has 1 saturated carbocycles. The third-order valence-electron chi connectivity index (χ3n) is 6.66. The number of para-hydroxylation sites is 1. The van der Waals surface area contributed by atoms with E-state index in [-0.39, 0.29) is 36.3 Å². The molecule has 2 aromatic rings. The van der Waals surface area contributed by atoms with Crippen LogP contribution in [0.5, 0.6) is 5.75 Å². The molecule has 1 fully saturated rings. The third kappa shape index (κ3) is 9.34. The van der Waals surface area contributed by atoms with Crippen molar-refractivity contribution >= 4 is 21.9 Å². The van der Waals surface area contributed by atoms with E-state index in [1.807, 2.05) is 42.5 Å². The van der Waals surface area contributed by atoms with Gasteiger partial charge in [-0.25, -0.2) is 4.39 Å². The van der Waals surface area contributed by atoms with Crippen LogP contribution in [0.1, 0.15) is 37.7 Å². The van der Waals surface area contributed by atoms with Crippen molar-refractivity contribution in [3.63, 3.8) is 0 Å². The molecule has 0 aliphatic heterocycles. The van der Waals surface area contributed by atoms with Crippen molar-refractivity contribution in [3.8, 4) is 5.75 Å². The Hall–Kier alpha value is -2.52. The molecule has 3 rings (SSSR count). The van der Waals surface area contributed by atoms with Crippen LogP contribution >= 0.6 is 15.9 Å². The number of carbonyl (C=O) groups is 1. The van der Waals surface area contributed by atoms with E-state index in [1.54, 1.807) is 18.2 Å². The number of aliphatic hydroxyl groups is 2. The molecule has 0 amide bonds. The SMILES string of the molecule is COC(=O)CCC/C=C\C[C@@H]1[C@@H](/C=C/[C@@H](O)COc2ccccc2F)[C@H](OCc2ccccc2Br)C[C@@H]1O. The molecule has 206 valence electrons. The van der Waals surface area contributed by atoms with Crippen molar-refractivity contribution in [2.24, 2.45) is 11.8 Å². The Balaban J connectivity index is 1.63. The summed E-state index contributed by atoms with van der Waals surface area (Å²) < 4.78 is 31.1. The number of ether oxygens (including phenoxy) is 3. The van der Waals surface area contributed by atoms with E-state index in [0.717, 1.165) is 16.5 Å². The Morgan fingerprint density at radius 1 is 1.18 bits per heavy atom. The highest BCUT2D eigenvalue weighted by Crippen LogP contribution is 2.39. The first-order valence-electron chi connectivity index (χ1n) is 12.9. The summed E-state index contributed by atoms with van der Waals surface area (Å²) in [6.07, 6.45) is 8.71. The number of carbonyl (C=O) groups excluding carboxylic acids is 1. The van der Waals surface area contributed by atoms with Gasteiger partial charge in [0.25, 0.3) is 0 Å². The maximum absolute atomic E-state index is 13.8. The summed E-state index contributed by atoms with van der Waals surface area (Å²) in [5.41, 5.74) is 1.01. The van der Waals surface area contributed by atoms with Gasteiger partial charge >= 0.3 is 5.97 Å². The quantitative estimate of drug-likeness (QED) is 0.165. The Bertz CT molecular complexity index is 1070. The molecule has 0 unspecified atom stereocenters. The largest absolute Gasteiger partial charge is 0.487 e. The van der Waals surface area contributed by atoms with Crippen LogP contribution in [0.3, 0.4) is 0 Å². The van der Waals surface area contributed by atoms with Crippen LogP contribution < -0.4 is 4.74 Å². The molecule has 6 nitrogen and oxygen atoms in total. The predicted octanol–water partition coefficient (Wildman–Crippen LogP) is 5.76. The van der Waals surface area contributed by atoms with E-state index < -0.39 is 18.0 Å². The molecule has 2 aromatic carbocycles. The lowest BCUT2D eigenvalue weighted by atomic mass is 9.89. The summed E-state index contributed by atoms with van der Waals surface area (Å²) in [5.74, 6) is -0.873. The maximum Gasteiger partial charge on any atom is 0.305 e. The zero-order valence-corrected chi connectivity index (χ0v) is 23.1. The summed E-state index contributed by atoms with van der Waals surface area (Å²) in [7, 11) is 1.38. The van der Waals surface area contributed by atoms with Gasteiger partial charge in [-0.3, -0.25) is 4.79 Å². The standard InChI is InChI=1S/C30H36BrFO6/c1-36-30(35)15-5-3-2-4-11-23-24(17-16-22(33)20-38-28-14-9-8-13-26(28)32)29(18-27(23)34)37-19-21-10-6-7-12-25(21)31/h2,4,6-10,12-14,16-17,22-24,27,29,33-34H,3,5,11,15,18-20H2,1H3/b4-2-,17-16+/t22-,23-,24-,27+,29-/m1/s1. The van der Waals surface area contributed by atoms with Gasteiger partial charge in [0, 0.05) is 23.2 Å². The van der Waals surface area contributed by atoms with Crippen molar-refractivity contribution in [2.75, 3.05) is 13.7 Å². The molecule has 8 heteroatoms. The molecule has 1 aliphatic rings. The lowest BCUT2D eigenvalue weighted by molar-refractivity contribution is -0.140. The molecule has 0 bridgehead atoms. The van der Waals surface area contributed by atoms with E-state index in [0.29, 0.717) is 32.3 Å². The molecular weight excluding hydrogens is 555 g/mol. The van der Waals surface area contributed by atoms with Gasteiger partial charge in [0.1, 0.15) is 12.7 Å². The van der Waals surface area contributed by atoms with Crippen LogP contribution in [0.2, 0.25) is 0 Å². The molecule has 38 heavy (non-hydrogen) atoms. The van der Waals surface area contributed by atoms with Gasteiger partial charge in [-0.2, -0.15) is 0 Å². The van der Waals surface area contributed by atoms with Crippen LogP contribution in [-0.4, -0.2) is 48.2 Å². The van der Waals surface area contributed by atoms with Crippen LogP contribution in [0, 0.1) is 17.7 Å². The fraction of sp³-hybridized carbons (Fsp3) is 0.433. The van der Waals surface area contributed by atoms with Gasteiger partial charge in [0.15, 0.2) is 11.6 Å². The second-order valence-electron chi connectivity index (χ2n) is 9.35. The number of hydrogen-bond acceptors (Lipinski definition) is 6. The molecule has 0 radical (unpaired) electrons. The fourth-order valence-corrected chi connectivity index (χ4v) is 4.96. The first-order chi connectivity index (χ1) is 18.4. The number of benzene rings is 2. The second kappa shape index (κ2) is 15.8. The first-order valence-corrected chi connectivity index (χ1v) is 13.7. The van der Waals surface area contributed by atoms with E-state index >= 15 is 0 Å². The third-order valence-corrected chi connectivity index (χ3v) is 7.43. The van der Waals surface area contributed by atoms with Crippen LogP contribution in [0.15, 0.2) is 77.3 Å². The topological polar surface area (TPSA) is 85.2 Å². The van der Waals surface area contributed by atoms with Crippen LogP contribution in [-0.2, 0) is 20.9 Å². The van der Waals surface area contributed by atoms with E-state index in [1.165, 1.54) is 19.2 Å². The van der Waals surface area contributed by atoms with Gasteiger partial charge < -0.3 is 24.4 Å². The van der Waals surface area contributed by atoms with Gasteiger partial charge in [0.2, 0.25) is 0 Å². The molecule has 0 saturated heterocycles. The van der Waals surface area contributed by atoms with Gasteiger partial charge in [-0.05, 0) is 48.9 Å². The van der Waals surface area contributed by atoms with Gasteiger partial charge in [0.05, 0.1) is 25.9 Å². The number of hydrogen-bond donors (Lipinski definition) is 2. The summed E-state index contributed by atoms with van der Waals surface area (Å²) in [4.78, 5) is 11.3. The Labute approximate surface area is 232 Å². The summed E-state index contributed by atoms with van der Waals surface area (Å²) in [6, 6.07) is 13.9. The average Bonchev–Trinajstić information content (AvgIpc) is 3.21. The highest BCUT2D eigenvalue weighted by atomic mass is 79.9. The van der Waals surface area contributed by atoms with E-state index in [4.69, 9.17) is 9.47 Å². The van der Waals surface area contributed by atoms with E-state index in [9.17, 15) is 19.4 Å². The number of halogens is 2. The Morgan fingerprint density at radius 2 is 1.95 bits per heavy atom. The summed E-state index contributed by atoms with van der Waals surface area (Å²) in [6.45, 7) is 0.290. The molecule has 0 aromatic heterocycles. The van der Waals surface area contributed by atoms with Gasteiger partial charge in [-0.1, -0.05) is 70.6 Å². The lowest BCUT2D eigenvalue weighted by Gasteiger charge is -2.23. The monoisotopic (exact) mass is 590 g/mol. The highest BCUT2D eigenvalue weighted by Gasteiger charge is 2.41. The van der Waals surface area contributed by atoms with E-state index in [2.05, 4.69) is 20.7 Å². The van der Waals surface area contributed by atoms with Crippen molar-refractivity contribution in [1.82, 2.24) is 0 Å². The van der Waals surface area contributed by atoms with Crippen molar-refractivity contribution in [1.29, 1.82) is 0 Å². The van der Waals surface area contributed by atoms with Crippen LogP contribution in [0.25, 0.3) is 0 Å². The molecule has 1 aliphatic carbocycles. The number of rotatable bonds is 14. The maximum atomic E-state index is 13.8. The number of aliphatic hydroxyl groups excluding tert-OH is 2. The fourth-order valence-electron chi connectivity index (χ4n) is 4.56. The highest BCUT2D eigenvalue weighted by molar-refractivity contribution is 9.10. The van der Waals surface area contributed by atoms with Crippen LogP contribution in [0.4, 0.5) is 4.39 Å². The number of methoxy groups -OCH3 is 1. The first kappa shape index (κ1) is 30.0. The summed E-state index contributed by atoms with van der Waals surface area (Å²) in [5, 5.41) is 21.4. The molecule has 0 heterocycles. The number of esters is 1. The van der Waals surface area contributed by atoms with Gasteiger partial charge in [-0.15, -0.1) is 0 Å². The number of allylic oxidation sites excluding steroid dienone is 2. The zero-order chi connectivity index (χ0) is 27.3. The molecule has 2 N–H and O–H groups in total. The predicted molar refractivity (Wildman–Crippen MR) is 147 cm³/mol. The van der Waals surface area contributed by atoms with Crippen molar-refractivity contribution in [3.05, 3.63) is 88.7 Å². The zero-order valence-electron chi connectivity index (χ0n) is 21.5. The number of unbranched alkanes of at least 4 members (excludes halogenated alkanes) is 1. The normalized spacial score (nSPS) is 22.2. The minimum Gasteiger partial charge on any atom is -0.487 e. The Kier molecular flexibility index (Phi) is 12.5. The minimum atomic E-state index is -0.953. The minimum absolute atomic E-state index is 0.0844. The summed E-state index contributed by atoms with van der Waals surface area (Å²) >= 11 is 3.55. The molecule has 5 atom stereocenters. The second-order valence-corrected chi connectivity index (χ2v) is 10.2. The van der Waals surface area contributed by atoms with Crippen molar-refractivity contribution in [2.45, 2.75) is 57.0 Å². The Morgan fingerprint density at radius 3 is 2.71 bits per heavy atom.